The maximum absolute atomic E-state index is 11.8. The van der Waals surface area contributed by atoms with Crippen LogP contribution in [0, 0.1) is 11.3 Å². The predicted octanol–water partition coefficient (Wildman–Crippen LogP) is 2.59. The molecule has 0 radical (unpaired) electrons. The number of methoxy groups -OCH3 is 1. The maximum Gasteiger partial charge on any atom is 0.407 e. The standard InChI is InChI=1S/C17H35NO5/c1-14(2)17(13-19,8-7-9-22-11-10-21-6)12-18-15(20)23-16(3,4)5/h14,19H,7-13H2,1-6H3,(H,18,20). The van der Waals surface area contributed by atoms with Gasteiger partial charge in [0, 0.05) is 25.7 Å². The molecule has 0 saturated carbocycles. The van der Waals surface area contributed by atoms with Gasteiger partial charge >= 0.3 is 6.09 Å². The van der Waals surface area contributed by atoms with Crippen molar-refractivity contribution >= 4 is 6.09 Å². The fraction of sp³-hybridized carbons (Fsp3) is 0.941. The van der Waals surface area contributed by atoms with E-state index in [4.69, 9.17) is 14.2 Å². The minimum Gasteiger partial charge on any atom is -0.444 e. The number of aliphatic hydroxyl groups is 1. The van der Waals surface area contributed by atoms with E-state index in [0.717, 1.165) is 12.8 Å². The molecule has 0 spiro atoms. The molecule has 0 fully saturated rings. The minimum atomic E-state index is -0.529. The monoisotopic (exact) mass is 333 g/mol. The Morgan fingerprint density at radius 1 is 1.17 bits per heavy atom. The Hall–Kier alpha value is -0.850. The number of carbonyl (C=O) groups excluding carboxylic acids is 1. The third kappa shape index (κ3) is 9.79. The first kappa shape index (κ1) is 22.1. The lowest BCUT2D eigenvalue weighted by atomic mass is 9.74. The molecule has 0 aromatic heterocycles. The molecular weight excluding hydrogens is 298 g/mol. The van der Waals surface area contributed by atoms with Crippen LogP contribution in [0.15, 0.2) is 0 Å². The van der Waals surface area contributed by atoms with E-state index in [2.05, 4.69) is 19.2 Å². The first-order valence-corrected chi connectivity index (χ1v) is 8.31. The van der Waals surface area contributed by atoms with Crippen LogP contribution in [0.5, 0.6) is 0 Å². The fourth-order valence-electron chi connectivity index (χ4n) is 2.23. The lowest BCUT2D eigenvalue weighted by Crippen LogP contribution is -2.45. The Balaban J connectivity index is 4.40. The van der Waals surface area contributed by atoms with E-state index in [0.29, 0.717) is 26.4 Å². The summed E-state index contributed by atoms with van der Waals surface area (Å²) in [6.45, 7) is 11.7. The second-order valence-electron chi connectivity index (χ2n) is 7.24. The predicted molar refractivity (Wildman–Crippen MR) is 90.5 cm³/mol. The second-order valence-corrected chi connectivity index (χ2v) is 7.24. The van der Waals surface area contributed by atoms with Crippen molar-refractivity contribution in [2.24, 2.45) is 11.3 Å². The molecule has 1 atom stereocenters. The van der Waals surface area contributed by atoms with Crippen molar-refractivity contribution in [2.45, 2.75) is 53.1 Å². The summed E-state index contributed by atoms with van der Waals surface area (Å²) in [5, 5.41) is 12.7. The van der Waals surface area contributed by atoms with Crippen LogP contribution in [0.2, 0.25) is 0 Å². The van der Waals surface area contributed by atoms with Crippen molar-refractivity contribution in [3.8, 4) is 0 Å². The molecule has 0 saturated heterocycles. The normalized spacial score (nSPS) is 14.6. The van der Waals surface area contributed by atoms with E-state index < -0.39 is 11.7 Å². The Bertz CT molecular complexity index is 327. The zero-order valence-electron chi connectivity index (χ0n) is 15.6. The molecule has 138 valence electrons. The summed E-state index contributed by atoms with van der Waals surface area (Å²) >= 11 is 0. The quantitative estimate of drug-likeness (QED) is 0.568. The number of hydrogen-bond donors (Lipinski definition) is 2. The summed E-state index contributed by atoms with van der Waals surface area (Å²) < 4.78 is 15.7. The molecule has 0 aromatic rings. The molecule has 1 unspecified atom stereocenters. The molecule has 0 bridgehead atoms. The van der Waals surface area contributed by atoms with E-state index in [1.54, 1.807) is 7.11 Å². The van der Waals surface area contributed by atoms with Crippen molar-refractivity contribution in [1.29, 1.82) is 0 Å². The summed E-state index contributed by atoms with van der Waals surface area (Å²) in [6, 6.07) is 0. The third-order valence-corrected chi connectivity index (χ3v) is 3.92. The van der Waals surface area contributed by atoms with Gasteiger partial charge in [0.25, 0.3) is 0 Å². The van der Waals surface area contributed by atoms with Crippen LogP contribution in [-0.4, -0.2) is 56.9 Å². The molecule has 0 heterocycles. The van der Waals surface area contributed by atoms with Crippen molar-refractivity contribution in [1.82, 2.24) is 5.32 Å². The zero-order valence-corrected chi connectivity index (χ0v) is 15.6. The molecule has 0 aliphatic heterocycles. The molecule has 6 nitrogen and oxygen atoms in total. The average Bonchev–Trinajstić information content (AvgIpc) is 2.44. The number of ether oxygens (including phenoxy) is 3. The van der Waals surface area contributed by atoms with Gasteiger partial charge in [-0.25, -0.2) is 4.79 Å². The van der Waals surface area contributed by atoms with Gasteiger partial charge in [-0.15, -0.1) is 0 Å². The lowest BCUT2D eigenvalue weighted by Gasteiger charge is -2.36. The number of rotatable bonds is 11. The molecule has 6 heteroatoms. The summed E-state index contributed by atoms with van der Waals surface area (Å²) in [4.78, 5) is 11.8. The van der Waals surface area contributed by atoms with Gasteiger partial charge in [-0.1, -0.05) is 13.8 Å². The second kappa shape index (κ2) is 10.8. The Morgan fingerprint density at radius 3 is 2.30 bits per heavy atom. The first-order chi connectivity index (χ1) is 10.7. The highest BCUT2D eigenvalue weighted by Gasteiger charge is 2.33. The van der Waals surface area contributed by atoms with Gasteiger partial charge in [0.05, 0.1) is 19.8 Å². The van der Waals surface area contributed by atoms with Crippen LogP contribution in [-0.2, 0) is 14.2 Å². The van der Waals surface area contributed by atoms with Crippen molar-refractivity contribution in [2.75, 3.05) is 40.1 Å². The van der Waals surface area contributed by atoms with E-state index >= 15 is 0 Å². The molecule has 2 N–H and O–H groups in total. The fourth-order valence-corrected chi connectivity index (χ4v) is 2.23. The first-order valence-electron chi connectivity index (χ1n) is 8.31. The summed E-state index contributed by atoms with van der Waals surface area (Å²) in [7, 11) is 1.64. The highest BCUT2D eigenvalue weighted by Crippen LogP contribution is 2.32. The number of carbonyl (C=O) groups is 1. The maximum atomic E-state index is 11.8. The number of aliphatic hydroxyl groups excluding tert-OH is 1. The van der Waals surface area contributed by atoms with Gasteiger partial charge in [-0.3, -0.25) is 0 Å². The number of nitrogens with one attached hydrogen (secondary N) is 1. The van der Waals surface area contributed by atoms with E-state index in [1.807, 2.05) is 20.8 Å². The van der Waals surface area contributed by atoms with Crippen LogP contribution >= 0.6 is 0 Å². The van der Waals surface area contributed by atoms with Gasteiger partial charge in [0.15, 0.2) is 0 Å². The third-order valence-electron chi connectivity index (χ3n) is 3.92. The van der Waals surface area contributed by atoms with Crippen LogP contribution < -0.4 is 5.32 Å². The molecule has 0 rings (SSSR count). The smallest absolute Gasteiger partial charge is 0.407 e. The lowest BCUT2D eigenvalue weighted by molar-refractivity contribution is 0.0273. The average molecular weight is 333 g/mol. The molecule has 0 aromatic carbocycles. The van der Waals surface area contributed by atoms with Crippen LogP contribution in [0.4, 0.5) is 4.79 Å². The Morgan fingerprint density at radius 2 is 1.83 bits per heavy atom. The molecule has 0 aliphatic rings. The number of hydrogen-bond acceptors (Lipinski definition) is 5. The van der Waals surface area contributed by atoms with Crippen molar-refractivity contribution in [3.05, 3.63) is 0 Å². The Kier molecular flexibility index (Phi) is 10.4. The van der Waals surface area contributed by atoms with Crippen LogP contribution in [0.3, 0.4) is 0 Å². The van der Waals surface area contributed by atoms with Gasteiger partial charge in [-0.2, -0.15) is 0 Å². The van der Waals surface area contributed by atoms with Gasteiger partial charge in [0.2, 0.25) is 0 Å². The SMILES string of the molecule is COCCOCCCC(CO)(CNC(=O)OC(C)(C)C)C(C)C. The highest BCUT2D eigenvalue weighted by molar-refractivity contribution is 5.67. The van der Waals surface area contributed by atoms with Crippen LogP contribution in [0.25, 0.3) is 0 Å². The number of alkyl carbamates (subject to hydrolysis) is 1. The summed E-state index contributed by atoms with van der Waals surface area (Å²) in [5.74, 6) is 0.224. The van der Waals surface area contributed by atoms with E-state index in [9.17, 15) is 9.90 Å². The zero-order chi connectivity index (χ0) is 17.9. The van der Waals surface area contributed by atoms with E-state index in [-0.39, 0.29) is 17.9 Å². The van der Waals surface area contributed by atoms with Gasteiger partial charge in [-0.05, 0) is 39.5 Å². The molecule has 1 amide bonds. The van der Waals surface area contributed by atoms with Gasteiger partial charge < -0.3 is 24.6 Å². The summed E-state index contributed by atoms with van der Waals surface area (Å²) in [5.41, 5.74) is -0.902. The Labute approximate surface area is 140 Å². The topological polar surface area (TPSA) is 77.0 Å². The molecule has 0 aliphatic carbocycles. The van der Waals surface area contributed by atoms with Crippen molar-refractivity contribution < 1.29 is 24.1 Å². The largest absolute Gasteiger partial charge is 0.444 e. The minimum absolute atomic E-state index is 0.0124. The van der Waals surface area contributed by atoms with Gasteiger partial charge in [0.1, 0.15) is 5.60 Å². The molecule has 23 heavy (non-hydrogen) atoms. The highest BCUT2D eigenvalue weighted by atomic mass is 16.6. The van der Waals surface area contributed by atoms with E-state index in [1.165, 1.54) is 0 Å². The van der Waals surface area contributed by atoms with Crippen molar-refractivity contribution in [3.63, 3.8) is 0 Å². The summed E-state index contributed by atoms with van der Waals surface area (Å²) in [6.07, 6.45) is 1.13. The number of amides is 1. The molecular formula is C17H35NO5. The van der Waals surface area contributed by atoms with Crippen LogP contribution in [0.1, 0.15) is 47.5 Å².